The van der Waals surface area contributed by atoms with Crippen LogP contribution in [-0.4, -0.2) is 19.4 Å². The highest BCUT2D eigenvalue weighted by molar-refractivity contribution is 5.59. The molecule has 2 heterocycles. The maximum atomic E-state index is 6.49. The highest BCUT2D eigenvalue weighted by atomic mass is 16.7. The van der Waals surface area contributed by atoms with Crippen molar-refractivity contribution in [2.45, 2.75) is 50.2 Å². The molecule has 4 nitrogen and oxygen atoms in total. The molecule has 1 fully saturated rings. The number of fused-ring (bicyclic) bond motifs is 3. The molecule has 1 N–H and O–H groups in total. The molecule has 0 amide bonds. The van der Waals surface area contributed by atoms with Gasteiger partial charge in [-0.15, -0.1) is 0 Å². The third-order valence-corrected chi connectivity index (χ3v) is 4.91. The topological polar surface area (TPSA) is 39.7 Å². The van der Waals surface area contributed by atoms with Crippen molar-refractivity contribution in [1.82, 2.24) is 5.32 Å². The lowest BCUT2D eigenvalue weighted by Crippen LogP contribution is -2.45. The van der Waals surface area contributed by atoms with Gasteiger partial charge in [0.1, 0.15) is 5.60 Å². The van der Waals surface area contributed by atoms with Gasteiger partial charge in [-0.2, -0.15) is 0 Å². The van der Waals surface area contributed by atoms with Crippen molar-refractivity contribution >= 4 is 0 Å². The van der Waals surface area contributed by atoms with Crippen LogP contribution in [0.1, 0.15) is 50.1 Å². The SMILES string of the molecule is CNC1CC2(CCCCC2)Oc2c1ccc1c2OCO1. The summed E-state index contributed by atoms with van der Waals surface area (Å²) in [5.41, 5.74) is 1.19. The van der Waals surface area contributed by atoms with Gasteiger partial charge in [-0.3, -0.25) is 0 Å². The summed E-state index contributed by atoms with van der Waals surface area (Å²) < 4.78 is 17.6. The third-order valence-electron chi connectivity index (χ3n) is 4.91. The molecule has 0 radical (unpaired) electrons. The molecule has 1 aliphatic carbocycles. The highest BCUT2D eigenvalue weighted by Gasteiger charge is 2.43. The van der Waals surface area contributed by atoms with E-state index in [4.69, 9.17) is 14.2 Å². The molecule has 2 aliphatic heterocycles. The Labute approximate surface area is 119 Å². The smallest absolute Gasteiger partial charge is 0.231 e. The lowest BCUT2D eigenvalue weighted by molar-refractivity contribution is -0.00427. The maximum absolute atomic E-state index is 6.49. The van der Waals surface area contributed by atoms with E-state index in [0.29, 0.717) is 12.8 Å². The third kappa shape index (κ3) is 1.78. The molecule has 0 aromatic heterocycles. The predicted molar refractivity (Wildman–Crippen MR) is 75.4 cm³/mol. The van der Waals surface area contributed by atoms with E-state index < -0.39 is 0 Å². The summed E-state index contributed by atoms with van der Waals surface area (Å²) in [7, 11) is 2.03. The van der Waals surface area contributed by atoms with Crippen LogP contribution < -0.4 is 19.5 Å². The van der Waals surface area contributed by atoms with Crippen molar-refractivity contribution in [2.24, 2.45) is 0 Å². The summed E-state index contributed by atoms with van der Waals surface area (Å²) in [5, 5.41) is 3.45. The van der Waals surface area contributed by atoms with Gasteiger partial charge in [-0.05, 0) is 44.9 Å². The first-order valence-corrected chi connectivity index (χ1v) is 7.60. The molecule has 1 unspecified atom stereocenters. The van der Waals surface area contributed by atoms with Crippen molar-refractivity contribution in [1.29, 1.82) is 0 Å². The van der Waals surface area contributed by atoms with Crippen LogP contribution in [0.5, 0.6) is 17.2 Å². The number of rotatable bonds is 1. The van der Waals surface area contributed by atoms with Crippen LogP contribution in [0.4, 0.5) is 0 Å². The van der Waals surface area contributed by atoms with E-state index in [9.17, 15) is 0 Å². The first-order chi connectivity index (χ1) is 9.81. The average Bonchev–Trinajstić information content (AvgIpc) is 2.96. The number of hydrogen-bond donors (Lipinski definition) is 1. The van der Waals surface area contributed by atoms with Crippen LogP contribution in [0.3, 0.4) is 0 Å². The van der Waals surface area contributed by atoms with Crippen LogP contribution in [0.25, 0.3) is 0 Å². The monoisotopic (exact) mass is 275 g/mol. The lowest BCUT2D eigenvalue weighted by Gasteiger charge is -2.44. The van der Waals surface area contributed by atoms with E-state index in [0.717, 1.165) is 36.5 Å². The normalized spacial score (nSPS) is 26.1. The van der Waals surface area contributed by atoms with E-state index in [1.54, 1.807) is 0 Å². The molecule has 4 heteroatoms. The Morgan fingerprint density at radius 3 is 2.75 bits per heavy atom. The predicted octanol–water partition coefficient (Wildman–Crippen LogP) is 3.16. The molecule has 0 bridgehead atoms. The number of ether oxygens (including phenoxy) is 3. The zero-order valence-electron chi connectivity index (χ0n) is 11.9. The Morgan fingerprint density at radius 1 is 1.10 bits per heavy atom. The highest BCUT2D eigenvalue weighted by Crippen LogP contribution is 2.53. The molecule has 20 heavy (non-hydrogen) atoms. The Morgan fingerprint density at radius 2 is 1.95 bits per heavy atom. The summed E-state index contributed by atoms with van der Waals surface area (Å²) in [6.07, 6.45) is 7.20. The van der Waals surface area contributed by atoms with Crippen molar-refractivity contribution in [3.8, 4) is 17.2 Å². The van der Waals surface area contributed by atoms with E-state index in [-0.39, 0.29) is 5.60 Å². The van der Waals surface area contributed by atoms with Gasteiger partial charge in [0.05, 0.1) is 0 Å². The minimum absolute atomic E-state index is 0.0139. The second-order valence-corrected chi connectivity index (χ2v) is 6.11. The Balaban J connectivity index is 1.78. The molecule has 3 aliphatic rings. The van der Waals surface area contributed by atoms with Gasteiger partial charge >= 0.3 is 0 Å². The number of nitrogens with one attached hydrogen (secondary N) is 1. The molecule has 1 spiro atoms. The summed E-state index contributed by atoms with van der Waals surface area (Å²) in [5.74, 6) is 2.52. The van der Waals surface area contributed by atoms with E-state index >= 15 is 0 Å². The fourth-order valence-corrected chi connectivity index (χ4v) is 3.84. The van der Waals surface area contributed by atoms with Crippen LogP contribution in [0.15, 0.2) is 12.1 Å². The van der Waals surface area contributed by atoms with Crippen LogP contribution in [0.2, 0.25) is 0 Å². The van der Waals surface area contributed by atoms with Crippen LogP contribution in [0, 0.1) is 0 Å². The van der Waals surface area contributed by atoms with Crippen LogP contribution in [-0.2, 0) is 0 Å². The lowest BCUT2D eigenvalue weighted by atomic mass is 9.77. The minimum Gasteiger partial charge on any atom is -0.483 e. The second-order valence-electron chi connectivity index (χ2n) is 6.11. The molecular formula is C16H21NO3. The maximum Gasteiger partial charge on any atom is 0.231 e. The largest absolute Gasteiger partial charge is 0.483 e. The Bertz CT molecular complexity index is 523. The Kier molecular flexibility index (Phi) is 2.81. The van der Waals surface area contributed by atoms with E-state index in [2.05, 4.69) is 11.4 Å². The molecule has 1 saturated carbocycles. The molecule has 0 saturated heterocycles. The van der Waals surface area contributed by atoms with Gasteiger partial charge in [-0.1, -0.05) is 6.42 Å². The Hall–Kier alpha value is -1.42. The first-order valence-electron chi connectivity index (χ1n) is 7.60. The molecule has 1 aromatic rings. The van der Waals surface area contributed by atoms with Crippen molar-refractivity contribution < 1.29 is 14.2 Å². The summed E-state index contributed by atoms with van der Waals surface area (Å²) in [6, 6.07) is 4.44. The standard InChI is InChI=1S/C16H21NO3/c1-17-12-9-16(7-3-2-4-8-16)20-14-11(12)5-6-13-15(14)19-10-18-13/h5-6,12,17H,2-4,7-10H2,1H3. The van der Waals surface area contributed by atoms with Gasteiger partial charge in [0.15, 0.2) is 11.5 Å². The van der Waals surface area contributed by atoms with Gasteiger partial charge in [0.2, 0.25) is 12.5 Å². The molecule has 4 rings (SSSR count). The second kappa shape index (κ2) is 4.55. The first kappa shape index (κ1) is 12.3. The van der Waals surface area contributed by atoms with Crippen molar-refractivity contribution in [3.63, 3.8) is 0 Å². The van der Waals surface area contributed by atoms with E-state index in [1.807, 2.05) is 13.1 Å². The van der Waals surface area contributed by atoms with Crippen molar-refractivity contribution in [2.75, 3.05) is 13.8 Å². The van der Waals surface area contributed by atoms with Gasteiger partial charge in [0.25, 0.3) is 0 Å². The molecule has 1 aromatic carbocycles. The fraction of sp³-hybridized carbons (Fsp3) is 0.625. The van der Waals surface area contributed by atoms with Gasteiger partial charge in [0, 0.05) is 18.0 Å². The van der Waals surface area contributed by atoms with Gasteiger partial charge in [-0.25, -0.2) is 0 Å². The zero-order chi connectivity index (χ0) is 13.6. The van der Waals surface area contributed by atoms with Gasteiger partial charge < -0.3 is 19.5 Å². The number of benzene rings is 1. The number of hydrogen-bond acceptors (Lipinski definition) is 4. The zero-order valence-corrected chi connectivity index (χ0v) is 11.9. The molecule has 1 atom stereocenters. The van der Waals surface area contributed by atoms with E-state index in [1.165, 1.54) is 24.8 Å². The quantitative estimate of drug-likeness (QED) is 0.854. The molecular weight excluding hydrogens is 254 g/mol. The summed E-state index contributed by atoms with van der Waals surface area (Å²) in [6.45, 7) is 0.298. The summed E-state index contributed by atoms with van der Waals surface area (Å²) in [4.78, 5) is 0. The summed E-state index contributed by atoms with van der Waals surface area (Å²) >= 11 is 0. The minimum atomic E-state index is -0.0139. The van der Waals surface area contributed by atoms with Crippen LogP contribution >= 0.6 is 0 Å². The average molecular weight is 275 g/mol. The van der Waals surface area contributed by atoms with Crippen molar-refractivity contribution in [3.05, 3.63) is 17.7 Å². The fourth-order valence-electron chi connectivity index (χ4n) is 3.84. The molecule has 108 valence electrons.